The Morgan fingerprint density at radius 3 is 1.96 bits per heavy atom. The smallest absolute Gasteiger partial charge is 0.0652 e. The van der Waals surface area contributed by atoms with Crippen molar-refractivity contribution in [2.75, 3.05) is 4.90 Å². The Labute approximate surface area is 280 Å². The summed E-state index contributed by atoms with van der Waals surface area (Å²) in [5, 5.41) is 2.40. The van der Waals surface area contributed by atoms with E-state index in [1.807, 2.05) is 72.8 Å². The van der Waals surface area contributed by atoms with Crippen LogP contribution < -0.4 is 4.90 Å². The van der Waals surface area contributed by atoms with Crippen molar-refractivity contribution in [3.05, 3.63) is 182 Å². The molecule has 0 aliphatic carbocycles. The highest BCUT2D eigenvalue weighted by atomic mass is 15.1. The third kappa shape index (κ3) is 4.35. The van der Waals surface area contributed by atoms with E-state index in [-0.39, 0.29) is 74.5 Å². The van der Waals surface area contributed by atoms with Crippen molar-refractivity contribution >= 4 is 60.4 Å². The Morgan fingerprint density at radius 2 is 1.13 bits per heavy atom. The normalized spacial score (nSPS) is 14.2. The standard InChI is InChI=1S/C44H30N2/c1-3-13-36(14-4-1)45(38-25-21-32(22-26-38)35-20-19-31-11-7-8-12-34(31)29-35)39-27-23-33-24-28-41-40-17-9-10-18-43(40)46(44(41)42(33)30-39)37-15-5-2-6-16-37/h1-30H/i9D,10D,17D,18D,23D,24D,27D,28D,30D. The second kappa shape index (κ2) is 10.8. The highest BCUT2D eigenvalue weighted by Gasteiger charge is 2.18. The van der Waals surface area contributed by atoms with Gasteiger partial charge in [-0.1, -0.05) is 121 Å². The zero-order valence-electron chi connectivity index (χ0n) is 33.5. The lowest BCUT2D eigenvalue weighted by molar-refractivity contribution is 1.19. The predicted octanol–water partition coefficient (Wildman–Crippen LogP) is 12.2. The molecule has 216 valence electrons. The van der Waals surface area contributed by atoms with E-state index in [0.29, 0.717) is 17.1 Å². The van der Waals surface area contributed by atoms with Gasteiger partial charge in [0.1, 0.15) is 0 Å². The fraction of sp³-hybridized carbons (Fsp3) is 0. The second-order valence-corrected chi connectivity index (χ2v) is 11.1. The number of aromatic nitrogens is 1. The highest BCUT2D eigenvalue weighted by molar-refractivity contribution is 6.19. The number of para-hydroxylation sites is 3. The Bertz CT molecular complexity index is 3020. The molecule has 0 spiro atoms. The lowest BCUT2D eigenvalue weighted by Crippen LogP contribution is -2.09. The van der Waals surface area contributed by atoms with Gasteiger partial charge in [-0.05, 0) is 87.9 Å². The molecule has 9 aromatic rings. The minimum Gasteiger partial charge on any atom is -0.310 e. The molecule has 0 aliphatic rings. The van der Waals surface area contributed by atoms with Gasteiger partial charge in [0.05, 0.1) is 23.4 Å². The van der Waals surface area contributed by atoms with Gasteiger partial charge in [0.2, 0.25) is 0 Å². The molecule has 8 aromatic carbocycles. The summed E-state index contributed by atoms with van der Waals surface area (Å²) in [6, 6.07) is 37.2. The van der Waals surface area contributed by atoms with Crippen LogP contribution in [-0.4, -0.2) is 4.57 Å². The van der Waals surface area contributed by atoms with E-state index in [1.165, 1.54) is 0 Å². The van der Waals surface area contributed by atoms with Crippen molar-refractivity contribution in [3.63, 3.8) is 0 Å². The monoisotopic (exact) mass is 595 g/mol. The molecule has 0 unspecified atom stereocenters. The average Bonchev–Trinajstić information content (AvgIpc) is 3.58. The minimum absolute atomic E-state index is 0.0527. The third-order valence-electron chi connectivity index (χ3n) is 8.41. The van der Waals surface area contributed by atoms with Gasteiger partial charge >= 0.3 is 0 Å². The minimum atomic E-state index is -0.479. The lowest BCUT2D eigenvalue weighted by Gasteiger charge is -2.26. The number of nitrogens with zero attached hydrogens (tertiary/aromatic N) is 2. The maximum absolute atomic E-state index is 9.96. The van der Waals surface area contributed by atoms with Crippen LogP contribution in [0.25, 0.3) is 60.2 Å². The molecule has 0 atom stereocenters. The lowest BCUT2D eigenvalue weighted by atomic mass is 10.0. The van der Waals surface area contributed by atoms with Gasteiger partial charge in [0, 0.05) is 38.9 Å². The van der Waals surface area contributed by atoms with Crippen LogP contribution in [-0.2, 0) is 0 Å². The fourth-order valence-electron chi connectivity index (χ4n) is 6.25. The van der Waals surface area contributed by atoms with E-state index < -0.39 is 18.1 Å². The number of hydrogen-bond donors (Lipinski definition) is 0. The van der Waals surface area contributed by atoms with E-state index in [2.05, 4.69) is 30.3 Å². The molecule has 0 amide bonds. The Kier molecular flexibility index (Phi) is 4.37. The van der Waals surface area contributed by atoms with Gasteiger partial charge < -0.3 is 9.47 Å². The summed E-state index contributed by atoms with van der Waals surface area (Å²) in [4.78, 5) is 1.75. The number of hydrogen-bond acceptors (Lipinski definition) is 1. The van der Waals surface area contributed by atoms with Crippen LogP contribution in [0.5, 0.6) is 0 Å². The number of benzene rings is 8. The molecular formula is C44H30N2. The largest absolute Gasteiger partial charge is 0.310 e. The van der Waals surface area contributed by atoms with E-state index in [9.17, 15) is 6.85 Å². The van der Waals surface area contributed by atoms with Crippen molar-refractivity contribution in [1.82, 2.24) is 4.57 Å². The van der Waals surface area contributed by atoms with Crippen LogP contribution in [0.3, 0.4) is 0 Å². The van der Waals surface area contributed by atoms with Gasteiger partial charge in [0.15, 0.2) is 0 Å². The SMILES string of the molecule is [2H]c1c(N(c2ccccc2)c2ccc(-c3ccc4ccccc4c3)cc2)c([2H])c2c(c1[2H])c([2H])c([2H])c1c3c([2H])c([2H])c([2H])c([2H])c3n(-c3ccccc3)c21. The van der Waals surface area contributed by atoms with Crippen molar-refractivity contribution in [2.24, 2.45) is 0 Å². The zero-order chi connectivity index (χ0) is 38.3. The summed E-state index contributed by atoms with van der Waals surface area (Å²) < 4.78 is 83.9. The molecule has 9 rings (SSSR count). The maximum Gasteiger partial charge on any atom is 0.0652 e. The maximum atomic E-state index is 9.96. The predicted molar refractivity (Wildman–Crippen MR) is 196 cm³/mol. The van der Waals surface area contributed by atoms with Gasteiger partial charge in [-0.3, -0.25) is 0 Å². The van der Waals surface area contributed by atoms with E-state index in [0.717, 1.165) is 21.9 Å². The number of rotatable bonds is 5. The molecule has 2 nitrogen and oxygen atoms in total. The molecule has 0 bridgehead atoms. The number of anilines is 3. The molecule has 0 N–H and O–H groups in total. The Balaban J connectivity index is 1.39. The van der Waals surface area contributed by atoms with Gasteiger partial charge in [0.25, 0.3) is 0 Å². The molecular weight excluding hydrogens is 556 g/mol. The van der Waals surface area contributed by atoms with Crippen LogP contribution >= 0.6 is 0 Å². The first-order chi connectivity index (χ1) is 26.6. The van der Waals surface area contributed by atoms with Crippen molar-refractivity contribution in [2.45, 2.75) is 0 Å². The van der Waals surface area contributed by atoms with E-state index in [4.69, 9.17) is 5.48 Å². The Morgan fingerprint density at radius 1 is 0.457 bits per heavy atom. The molecule has 2 heteroatoms. The Hall–Kier alpha value is -6.12. The van der Waals surface area contributed by atoms with Crippen LogP contribution in [0.4, 0.5) is 17.1 Å². The topological polar surface area (TPSA) is 8.17 Å². The van der Waals surface area contributed by atoms with Gasteiger partial charge in [-0.15, -0.1) is 0 Å². The first kappa shape index (κ1) is 18.6. The summed E-state index contributed by atoms with van der Waals surface area (Å²) in [6.07, 6.45) is 0. The van der Waals surface area contributed by atoms with E-state index in [1.54, 1.807) is 33.7 Å². The summed E-state index contributed by atoms with van der Waals surface area (Å²) in [6.45, 7) is 0. The molecule has 1 aromatic heterocycles. The summed E-state index contributed by atoms with van der Waals surface area (Å²) in [7, 11) is 0. The molecule has 0 fully saturated rings. The van der Waals surface area contributed by atoms with Crippen LogP contribution in [0.2, 0.25) is 0 Å². The van der Waals surface area contributed by atoms with Crippen molar-refractivity contribution < 1.29 is 12.3 Å². The molecule has 46 heavy (non-hydrogen) atoms. The number of fused-ring (bicyclic) bond motifs is 6. The quantitative estimate of drug-likeness (QED) is 0.192. The summed E-state index contributed by atoms with van der Waals surface area (Å²) in [5.74, 6) is 0. The van der Waals surface area contributed by atoms with Crippen LogP contribution in [0, 0.1) is 0 Å². The molecule has 0 saturated carbocycles. The third-order valence-corrected chi connectivity index (χ3v) is 8.41. The average molecular weight is 596 g/mol. The first-order valence-corrected chi connectivity index (χ1v) is 15.0. The summed E-state index contributed by atoms with van der Waals surface area (Å²) in [5.41, 5.74) is 4.13. The van der Waals surface area contributed by atoms with Crippen LogP contribution in [0.15, 0.2) is 182 Å². The molecule has 1 heterocycles. The molecule has 0 aliphatic heterocycles. The second-order valence-electron chi connectivity index (χ2n) is 11.1. The zero-order valence-corrected chi connectivity index (χ0v) is 24.5. The molecule has 0 saturated heterocycles. The molecule has 0 radical (unpaired) electrons. The van der Waals surface area contributed by atoms with Crippen molar-refractivity contribution in [1.29, 1.82) is 0 Å². The van der Waals surface area contributed by atoms with Crippen molar-refractivity contribution in [3.8, 4) is 16.8 Å². The highest BCUT2D eigenvalue weighted by Crippen LogP contribution is 2.41. The van der Waals surface area contributed by atoms with Crippen LogP contribution in [0.1, 0.15) is 12.3 Å². The van der Waals surface area contributed by atoms with Gasteiger partial charge in [-0.2, -0.15) is 0 Å². The summed E-state index contributed by atoms with van der Waals surface area (Å²) >= 11 is 0. The van der Waals surface area contributed by atoms with E-state index >= 15 is 0 Å². The first-order valence-electron chi connectivity index (χ1n) is 19.5. The van der Waals surface area contributed by atoms with Gasteiger partial charge in [-0.25, -0.2) is 0 Å². The fourth-order valence-corrected chi connectivity index (χ4v) is 6.25.